The molecule has 0 aliphatic carbocycles. The van der Waals surface area contributed by atoms with Crippen LogP contribution in [0.4, 0.5) is 5.82 Å². The van der Waals surface area contributed by atoms with Gasteiger partial charge in [0.25, 0.3) is 0 Å². The van der Waals surface area contributed by atoms with Gasteiger partial charge in [-0.3, -0.25) is 0 Å². The Bertz CT molecular complexity index is 510. The lowest BCUT2D eigenvalue weighted by Gasteiger charge is -2.05. The van der Waals surface area contributed by atoms with Gasteiger partial charge in [-0.1, -0.05) is 25.6 Å². The van der Waals surface area contributed by atoms with Crippen LogP contribution >= 0.6 is 0 Å². The molecule has 0 unspecified atom stereocenters. The summed E-state index contributed by atoms with van der Waals surface area (Å²) in [6.45, 7) is 8.24. The third kappa shape index (κ3) is 3.11. The smallest absolute Gasteiger partial charge is 0.139 e. The third-order valence-electron chi connectivity index (χ3n) is 1.94. The molecule has 0 aliphatic rings. The highest BCUT2D eigenvalue weighted by molar-refractivity contribution is 6.83. The zero-order chi connectivity index (χ0) is 12.3. The fourth-order valence-corrected chi connectivity index (χ4v) is 1.60. The molecule has 1 heterocycles. The third-order valence-corrected chi connectivity index (χ3v) is 2.81. The summed E-state index contributed by atoms with van der Waals surface area (Å²) in [6.07, 6.45) is 0. The SMILES string of the molecule is Cc1nc(N)c(C#C[Si](C)(C)C)cc1C#N. The number of hydrogen-bond donors (Lipinski definition) is 1. The quantitative estimate of drug-likeness (QED) is 0.547. The van der Waals surface area contributed by atoms with Gasteiger partial charge in [0.15, 0.2) is 0 Å². The maximum Gasteiger partial charge on any atom is 0.139 e. The van der Waals surface area contributed by atoms with E-state index in [0.717, 1.165) is 0 Å². The molecule has 0 saturated heterocycles. The number of nitrogens with two attached hydrogens (primary N) is 1. The molecular weight excluding hydrogens is 214 g/mol. The molecular formula is C12H15N3Si. The summed E-state index contributed by atoms with van der Waals surface area (Å²) < 4.78 is 0. The topological polar surface area (TPSA) is 62.7 Å². The molecule has 1 aromatic rings. The largest absolute Gasteiger partial charge is 0.383 e. The van der Waals surface area contributed by atoms with E-state index in [0.29, 0.717) is 22.6 Å². The normalized spacial score (nSPS) is 10.2. The van der Waals surface area contributed by atoms with Gasteiger partial charge in [-0.2, -0.15) is 5.26 Å². The molecule has 0 fully saturated rings. The summed E-state index contributed by atoms with van der Waals surface area (Å²) in [6, 6.07) is 3.80. The number of nitrogen functional groups attached to an aromatic ring is 1. The molecule has 82 valence electrons. The maximum absolute atomic E-state index is 8.89. The van der Waals surface area contributed by atoms with E-state index in [1.165, 1.54) is 0 Å². The van der Waals surface area contributed by atoms with Crippen molar-refractivity contribution in [2.24, 2.45) is 0 Å². The second kappa shape index (κ2) is 4.38. The minimum Gasteiger partial charge on any atom is -0.383 e. The Morgan fingerprint density at radius 2 is 1.94 bits per heavy atom. The van der Waals surface area contributed by atoms with Gasteiger partial charge in [-0.15, -0.1) is 5.54 Å². The number of anilines is 1. The average Bonchev–Trinajstić information content (AvgIpc) is 2.15. The van der Waals surface area contributed by atoms with Crippen molar-refractivity contribution in [1.29, 1.82) is 5.26 Å². The Hall–Kier alpha value is -1.78. The molecule has 0 aromatic carbocycles. The van der Waals surface area contributed by atoms with Crippen LogP contribution in [0.1, 0.15) is 16.8 Å². The van der Waals surface area contributed by atoms with E-state index >= 15 is 0 Å². The average molecular weight is 229 g/mol. The highest BCUT2D eigenvalue weighted by Crippen LogP contribution is 2.13. The van der Waals surface area contributed by atoms with Crippen molar-refractivity contribution >= 4 is 13.9 Å². The zero-order valence-corrected chi connectivity index (χ0v) is 11.0. The Morgan fingerprint density at radius 3 is 2.44 bits per heavy atom. The summed E-state index contributed by atoms with van der Waals surface area (Å²) in [7, 11) is -1.43. The van der Waals surface area contributed by atoms with Crippen LogP contribution < -0.4 is 5.73 Å². The highest BCUT2D eigenvalue weighted by Gasteiger charge is 2.09. The van der Waals surface area contributed by atoms with Crippen molar-refractivity contribution in [1.82, 2.24) is 4.98 Å². The van der Waals surface area contributed by atoms with E-state index in [2.05, 4.69) is 42.2 Å². The van der Waals surface area contributed by atoms with Crippen LogP contribution in [0.25, 0.3) is 0 Å². The molecule has 0 atom stereocenters. The van der Waals surface area contributed by atoms with E-state index in [9.17, 15) is 0 Å². The molecule has 4 heteroatoms. The summed E-state index contributed by atoms with van der Waals surface area (Å²) in [5, 5.41) is 8.89. The Morgan fingerprint density at radius 1 is 1.31 bits per heavy atom. The van der Waals surface area contributed by atoms with Gasteiger partial charge >= 0.3 is 0 Å². The molecule has 0 saturated carbocycles. The van der Waals surface area contributed by atoms with Crippen molar-refractivity contribution in [2.45, 2.75) is 26.6 Å². The molecule has 2 N–H and O–H groups in total. The molecule has 1 aromatic heterocycles. The highest BCUT2D eigenvalue weighted by atomic mass is 28.3. The van der Waals surface area contributed by atoms with E-state index in [1.807, 2.05) is 0 Å². The van der Waals surface area contributed by atoms with Crippen molar-refractivity contribution in [3.05, 3.63) is 22.9 Å². The van der Waals surface area contributed by atoms with Crippen molar-refractivity contribution in [3.63, 3.8) is 0 Å². The van der Waals surface area contributed by atoms with E-state index in [4.69, 9.17) is 11.0 Å². The molecule has 3 nitrogen and oxygen atoms in total. The second-order valence-electron chi connectivity index (χ2n) is 4.67. The van der Waals surface area contributed by atoms with Gasteiger partial charge in [-0.05, 0) is 13.0 Å². The Labute approximate surface area is 97.3 Å². The summed E-state index contributed by atoms with van der Waals surface area (Å²) in [5.74, 6) is 3.43. The Kier molecular flexibility index (Phi) is 3.37. The predicted molar refractivity (Wildman–Crippen MR) is 68.3 cm³/mol. The van der Waals surface area contributed by atoms with E-state index in [1.54, 1.807) is 13.0 Å². The molecule has 0 spiro atoms. The minimum atomic E-state index is -1.43. The van der Waals surface area contributed by atoms with Crippen LogP contribution in [0.5, 0.6) is 0 Å². The van der Waals surface area contributed by atoms with Gasteiger partial charge in [0.2, 0.25) is 0 Å². The minimum absolute atomic E-state index is 0.405. The number of nitriles is 1. The number of pyridine rings is 1. The first kappa shape index (κ1) is 12.3. The van der Waals surface area contributed by atoms with Crippen LogP contribution in [0.3, 0.4) is 0 Å². The summed E-state index contributed by atoms with van der Waals surface area (Å²) >= 11 is 0. The van der Waals surface area contributed by atoms with Crippen molar-refractivity contribution in [2.75, 3.05) is 5.73 Å². The van der Waals surface area contributed by atoms with Crippen molar-refractivity contribution in [3.8, 4) is 17.5 Å². The van der Waals surface area contributed by atoms with Gasteiger partial charge in [0, 0.05) is 0 Å². The van der Waals surface area contributed by atoms with E-state index in [-0.39, 0.29) is 0 Å². The molecule has 0 aliphatic heterocycles. The summed E-state index contributed by atoms with van der Waals surface area (Å²) in [4.78, 5) is 4.11. The lowest BCUT2D eigenvalue weighted by Crippen LogP contribution is -2.16. The fourth-order valence-electron chi connectivity index (χ4n) is 1.09. The van der Waals surface area contributed by atoms with Crippen LogP contribution in [0.15, 0.2) is 6.07 Å². The standard InChI is InChI=1S/C12H15N3Si/c1-9-11(8-13)7-10(12(14)15-9)5-6-16(2,3)4/h7H,1-4H3,(H2,14,15). The molecule has 0 amide bonds. The van der Waals surface area contributed by atoms with Crippen LogP contribution in [0, 0.1) is 29.7 Å². The number of hydrogen-bond acceptors (Lipinski definition) is 3. The first-order chi connectivity index (χ1) is 7.33. The number of aryl methyl sites for hydroxylation is 1. The molecule has 0 bridgehead atoms. The van der Waals surface area contributed by atoms with Crippen LogP contribution in [-0.2, 0) is 0 Å². The van der Waals surface area contributed by atoms with Gasteiger partial charge < -0.3 is 5.73 Å². The van der Waals surface area contributed by atoms with Crippen LogP contribution in [0.2, 0.25) is 19.6 Å². The molecule has 1 rings (SSSR count). The molecule has 16 heavy (non-hydrogen) atoms. The predicted octanol–water partition coefficient (Wildman–Crippen LogP) is 2.07. The van der Waals surface area contributed by atoms with Gasteiger partial charge in [0.1, 0.15) is 20.0 Å². The zero-order valence-electron chi connectivity index (χ0n) is 10.0. The van der Waals surface area contributed by atoms with E-state index < -0.39 is 8.07 Å². The first-order valence-electron chi connectivity index (χ1n) is 5.04. The Balaban J connectivity index is 3.25. The van der Waals surface area contributed by atoms with Gasteiger partial charge in [-0.25, -0.2) is 4.98 Å². The number of aromatic nitrogens is 1. The van der Waals surface area contributed by atoms with Gasteiger partial charge in [0.05, 0.1) is 16.8 Å². The van der Waals surface area contributed by atoms with Crippen LogP contribution in [-0.4, -0.2) is 13.1 Å². The fraction of sp³-hybridized carbons (Fsp3) is 0.333. The lowest BCUT2D eigenvalue weighted by atomic mass is 10.1. The lowest BCUT2D eigenvalue weighted by molar-refractivity contribution is 1.18. The molecule has 0 radical (unpaired) electrons. The number of nitrogens with zero attached hydrogens (tertiary/aromatic N) is 2. The van der Waals surface area contributed by atoms with Crippen molar-refractivity contribution < 1.29 is 0 Å². The first-order valence-corrected chi connectivity index (χ1v) is 8.54. The maximum atomic E-state index is 8.89. The monoisotopic (exact) mass is 229 g/mol. The second-order valence-corrected chi connectivity index (χ2v) is 9.42. The summed E-state index contributed by atoms with van der Waals surface area (Å²) in [5.41, 5.74) is 10.8. The number of rotatable bonds is 0.